The summed E-state index contributed by atoms with van der Waals surface area (Å²) in [6, 6.07) is 0.301. The number of ether oxygens (including phenoxy) is 2. The summed E-state index contributed by atoms with van der Waals surface area (Å²) in [5.41, 5.74) is 1.35. The molecule has 4 aliphatic rings. The van der Waals surface area contributed by atoms with Crippen molar-refractivity contribution in [2.45, 2.75) is 138 Å². The number of halogens is 2. The number of fused-ring (bicyclic) bond motifs is 2. The van der Waals surface area contributed by atoms with Gasteiger partial charge in [0.25, 0.3) is 11.8 Å². The van der Waals surface area contributed by atoms with Gasteiger partial charge in [-0.1, -0.05) is 0 Å². The van der Waals surface area contributed by atoms with Gasteiger partial charge in [0.1, 0.15) is 30.7 Å². The summed E-state index contributed by atoms with van der Waals surface area (Å²) in [5, 5.41) is 61.6. The van der Waals surface area contributed by atoms with E-state index in [2.05, 4.69) is 76.8 Å². The molecule has 0 bridgehead atoms. The molecule has 10 N–H and O–H groups in total. The first-order valence-electron chi connectivity index (χ1n) is 22.0. The van der Waals surface area contributed by atoms with Crippen LogP contribution in [0.1, 0.15) is 77.7 Å². The Morgan fingerprint density at radius 2 is 0.955 bits per heavy atom. The van der Waals surface area contributed by atoms with Gasteiger partial charge in [-0.3, -0.25) is 18.7 Å². The van der Waals surface area contributed by atoms with Crippen molar-refractivity contribution in [3.05, 3.63) is 29.5 Å². The molecule has 2 saturated carbocycles. The zero-order chi connectivity index (χ0) is 46.2. The zero-order valence-corrected chi connectivity index (χ0v) is 37.3. The highest BCUT2D eigenvalue weighted by Gasteiger charge is 2.49. The van der Waals surface area contributed by atoms with Gasteiger partial charge in [0, 0.05) is 37.3 Å². The fourth-order valence-corrected chi connectivity index (χ4v) is 9.40. The van der Waals surface area contributed by atoms with Crippen LogP contribution in [-0.4, -0.2) is 160 Å². The number of carbonyl (C=O) groups is 2. The third-order valence-electron chi connectivity index (χ3n) is 12.4. The van der Waals surface area contributed by atoms with Crippen molar-refractivity contribution in [2.24, 2.45) is 0 Å². The van der Waals surface area contributed by atoms with Crippen LogP contribution >= 0.6 is 23.2 Å². The number of hydrogen-bond acceptors (Lipinski definition) is 21. The Balaban J connectivity index is 0.759. The molecule has 0 aromatic carbocycles. The molecular formula is C39H51Cl2N17O8. The van der Waals surface area contributed by atoms with Gasteiger partial charge < -0.3 is 61.8 Å². The zero-order valence-electron chi connectivity index (χ0n) is 35.8. The minimum atomic E-state index is -1.45. The molecule has 27 heteroatoms. The summed E-state index contributed by atoms with van der Waals surface area (Å²) in [5.74, 6) is 0.712. The van der Waals surface area contributed by atoms with Crippen LogP contribution in [0.2, 0.25) is 10.6 Å². The molecule has 7 heterocycles. The number of carbonyl (C=O) groups excluding carboxylic acids is 2. The van der Waals surface area contributed by atoms with E-state index in [1.54, 1.807) is 13.8 Å². The van der Waals surface area contributed by atoms with E-state index in [1.807, 2.05) is 0 Å². The van der Waals surface area contributed by atoms with E-state index in [1.165, 1.54) is 28.1 Å². The van der Waals surface area contributed by atoms with E-state index in [0.29, 0.717) is 47.7 Å². The van der Waals surface area contributed by atoms with E-state index < -0.39 is 60.9 Å². The Kier molecular flexibility index (Phi) is 13.5. The van der Waals surface area contributed by atoms with Gasteiger partial charge in [-0.2, -0.15) is 24.9 Å². The molecule has 0 spiro atoms. The maximum absolute atomic E-state index is 12.4. The number of aliphatic hydroxyl groups is 4. The Morgan fingerprint density at radius 1 is 0.576 bits per heavy atom. The Labute approximate surface area is 386 Å². The molecule has 2 saturated heterocycles. The SMILES string of the molecule is CCNC(=O)[C@H]1O[C@@H](n2cnc3c(N[C@H]4CC[C@H](Nc5ncnc(N[C@H]6CC[C@H](Nc7nc(Cl)nc8c7ncn8[C@@H]7O[C@H](C(=O)NCC)[C@@H](O)[C@H]7O)CC6)n5)CC4)nc(Cl)nc32)[C@H](O)[C@@H]1O. The van der Waals surface area contributed by atoms with Gasteiger partial charge in [-0.05, 0) is 88.4 Å². The number of amides is 2. The smallest absolute Gasteiger partial charge is 0.252 e. The maximum Gasteiger partial charge on any atom is 0.252 e. The first kappa shape index (κ1) is 45.7. The molecule has 2 aliphatic carbocycles. The normalized spacial score (nSPS) is 30.1. The summed E-state index contributed by atoms with van der Waals surface area (Å²) in [6.07, 6.45) is 0.166. The Morgan fingerprint density at radius 3 is 1.33 bits per heavy atom. The van der Waals surface area contributed by atoms with Crippen LogP contribution in [0.3, 0.4) is 0 Å². The number of aromatic nitrogens is 11. The highest BCUT2D eigenvalue weighted by Crippen LogP contribution is 2.36. The van der Waals surface area contributed by atoms with Crippen molar-refractivity contribution in [1.82, 2.24) is 64.6 Å². The molecule has 0 radical (unpaired) electrons. The van der Waals surface area contributed by atoms with Gasteiger partial charge in [-0.15, -0.1) is 0 Å². The number of nitrogens with one attached hydrogen (secondary N) is 6. The van der Waals surface area contributed by atoms with E-state index >= 15 is 0 Å². The van der Waals surface area contributed by atoms with E-state index in [4.69, 9.17) is 32.7 Å². The quantitative estimate of drug-likeness (QED) is 0.0683. The van der Waals surface area contributed by atoms with Crippen molar-refractivity contribution in [3.63, 3.8) is 0 Å². The van der Waals surface area contributed by atoms with Crippen LogP contribution in [0.5, 0.6) is 0 Å². The number of hydrogen-bond donors (Lipinski definition) is 10. The van der Waals surface area contributed by atoms with Crippen LogP contribution in [-0.2, 0) is 19.1 Å². The second kappa shape index (κ2) is 19.4. The summed E-state index contributed by atoms with van der Waals surface area (Å²) in [4.78, 5) is 64.7. The highest BCUT2D eigenvalue weighted by molar-refractivity contribution is 6.29. The highest BCUT2D eigenvalue weighted by atomic mass is 35.5. The van der Waals surface area contributed by atoms with Crippen LogP contribution in [0.4, 0.5) is 23.5 Å². The standard InChI is InChI=1S/C39H51Cl2N17O8/c1-3-42-32(63)26-22(59)24(61)34(65-26)57-14-46-20-28(52-36(40)54-30(20)57)48-16-5-9-18(10-6-16)50-38-44-13-45-39(56-38)51-19-11-7-17(8-12-19)49-29-21-31(55-37(41)53-29)58(15-47-21)35-25(62)23(60)27(66-35)33(64)43-4-2/h13-19,22-27,34-35,59-62H,3-12H2,1-2H3,(H,42,63)(H,43,64)(H,48,52,54)(H,49,53,55)(H2,44,45,50,51,56)/t16-,17-,18-,19-,22-,23-,24+,25+,26-,27-,34+,35+/m0/s1. The first-order valence-corrected chi connectivity index (χ1v) is 22.8. The van der Waals surface area contributed by atoms with Crippen LogP contribution in [0.15, 0.2) is 19.0 Å². The lowest BCUT2D eigenvalue weighted by atomic mass is 9.91. The Hall–Kier alpha value is -5.41. The predicted octanol–water partition coefficient (Wildman–Crippen LogP) is 0.639. The summed E-state index contributed by atoms with van der Waals surface area (Å²) in [6.45, 7) is 4.16. The minimum Gasteiger partial charge on any atom is -0.387 e. The summed E-state index contributed by atoms with van der Waals surface area (Å²) in [7, 11) is 0. The second-order valence-electron chi connectivity index (χ2n) is 16.8. The number of nitrogens with zero attached hydrogens (tertiary/aromatic N) is 11. The van der Waals surface area contributed by atoms with Gasteiger partial charge >= 0.3 is 0 Å². The lowest BCUT2D eigenvalue weighted by Gasteiger charge is -2.30. The van der Waals surface area contributed by atoms with E-state index in [-0.39, 0.29) is 46.0 Å². The molecule has 2 aliphatic heterocycles. The van der Waals surface area contributed by atoms with E-state index in [0.717, 1.165) is 51.4 Å². The van der Waals surface area contributed by atoms with Crippen molar-refractivity contribution in [2.75, 3.05) is 34.4 Å². The molecule has 5 aromatic heterocycles. The average Bonchev–Trinajstić information content (AvgIpc) is 4.06. The lowest BCUT2D eigenvalue weighted by molar-refractivity contribution is -0.138. The fourth-order valence-electron chi connectivity index (χ4n) is 9.07. The second-order valence-corrected chi connectivity index (χ2v) is 17.5. The molecule has 25 nitrogen and oxygen atoms in total. The number of aliphatic hydroxyl groups excluding tert-OH is 4. The number of likely N-dealkylation sites (N-methyl/N-ethyl adjacent to an activating group) is 2. The van der Waals surface area contributed by atoms with Gasteiger partial charge in [-0.25, -0.2) is 19.9 Å². The monoisotopic (exact) mass is 955 g/mol. The average molecular weight is 957 g/mol. The largest absolute Gasteiger partial charge is 0.387 e. The number of anilines is 4. The van der Waals surface area contributed by atoms with Crippen molar-refractivity contribution in [3.8, 4) is 0 Å². The molecule has 66 heavy (non-hydrogen) atoms. The van der Waals surface area contributed by atoms with Crippen molar-refractivity contribution in [1.29, 1.82) is 0 Å². The van der Waals surface area contributed by atoms with Gasteiger partial charge in [0.15, 0.2) is 58.6 Å². The molecule has 2 amide bonds. The van der Waals surface area contributed by atoms with Gasteiger partial charge in [0.05, 0.1) is 12.7 Å². The third kappa shape index (κ3) is 9.29. The lowest BCUT2D eigenvalue weighted by Crippen LogP contribution is -2.42. The molecule has 4 fully saturated rings. The van der Waals surface area contributed by atoms with Gasteiger partial charge in [0.2, 0.25) is 22.5 Å². The number of rotatable bonds is 14. The van der Waals surface area contributed by atoms with Crippen molar-refractivity contribution >= 4 is 80.9 Å². The minimum absolute atomic E-state index is 0.0410. The fraction of sp³-hybridized carbons (Fsp3) is 0.615. The van der Waals surface area contributed by atoms with E-state index in [9.17, 15) is 30.0 Å². The predicted molar refractivity (Wildman–Crippen MR) is 236 cm³/mol. The summed E-state index contributed by atoms with van der Waals surface area (Å²) >= 11 is 12.7. The molecule has 0 unspecified atom stereocenters. The first-order chi connectivity index (χ1) is 31.9. The van der Waals surface area contributed by atoms with Crippen molar-refractivity contribution < 1.29 is 39.5 Å². The maximum atomic E-state index is 12.4. The molecule has 354 valence electrons. The topological polar surface area (TPSA) is 332 Å². The van der Waals surface area contributed by atoms with Crippen LogP contribution in [0.25, 0.3) is 22.3 Å². The molecule has 9 rings (SSSR count). The Bertz CT molecular complexity index is 2370. The van der Waals surface area contributed by atoms with Crippen LogP contribution < -0.4 is 31.9 Å². The third-order valence-corrected chi connectivity index (χ3v) is 12.7. The molecular weight excluding hydrogens is 905 g/mol. The van der Waals surface area contributed by atoms with Crippen LogP contribution in [0, 0.1) is 0 Å². The molecule has 8 atom stereocenters. The number of imidazole rings is 2. The summed E-state index contributed by atoms with van der Waals surface area (Å²) < 4.78 is 14.4. The molecule has 5 aromatic rings.